The molecule has 0 aliphatic carbocycles. The number of amides is 1. The fraction of sp³-hybridized carbons (Fsp3) is 0.167. The Kier molecular flexibility index (Phi) is 6.84. The number of carbonyl (C=O) groups excluding carboxylic acids is 1. The van der Waals surface area contributed by atoms with Gasteiger partial charge in [0.1, 0.15) is 12.3 Å². The summed E-state index contributed by atoms with van der Waals surface area (Å²) in [6, 6.07) is 17.0. The smallest absolute Gasteiger partial charge is 0.255 e. The minimum Gasteiger partial charge on any atom is -0.475 e. The van der Waals surface area contributed by atoms with Crippen LogP contribution >= 0.6 is 0 Å². The summed E-state index contributed by atoms with van der Waals surface area (Å²) in [5.41, 5.74) is 3.40. The molecule has 1 aromatic carbocycles. The van der Waals surface area contributed by atoms with Crippen LogP contribution in [0.5, 0.6) is 5.88 Å². The molecule has 0 unspecified atom stereocenters. The summed E-state index contributed by atoms with van der Waals surface area (Å²) in [5, 5.41) is 7.62. The molecule has 8 heteroatoms. The first-order valence-electron chi connectivity index (χ1n) is 10.2. The first kappa shape index (κ1) is 21.2. The quantitative estimate of drug-likeness (QED) is 0.411. The second kappa shape index (κ2) is 10.3. The van der Waals surface area contributed by atoms with Gasteiger partial charge in [0.25, 0.3) is 5.91 Å². The third-order valence-electron chi connectivity index (χ3n) is 4.73. The first-order valence-corrected chi connectivity index (χ1v) is 10.2. The van der Waals surface area contributed by atoms with Gasteiger partial charge in [-0.1, -0.05) is 24.3 Å². The lowest BCUT2D eigenvalue weighted by Crippen LogP contribution is -2.23. The minimum atomic E-state index is -0.252. The molecule has 8 nitrogen and oxygen atoms in total. The fourth-order valence-electron chi connectivity index (χ4n) is 3.15. The number of carbonyl (C=O) groups is 1. The zero-order valence-corrected chi connectivity index (χ0v) is 17.6. The molecule has 3 aromatic heterocycles. The number of hydrogen-bond acceptors (Lipinski definition) is 6. The Morgan fingerprint density at radius 2 is 1.88 bits per heavy atom. The molecule has 0 bridgehead atoms. The van der Waals surface area contributed by atoms with Crippen molar-refractivity contribution >= 4 is 5.91 Å². The van der Waals surface area contributed by atoms with Crippen LogP contribution in [0.1, 0.15) is 15.9 Å². The molecule has 0 atom stereocenters. The highest BCUT2D eigenvalue weighted by molar-refractivity contribution is 5.99. The van der Waals surface area contributed by atoms with E-state index in [-0.39, 0.29) is 12.5 Å². The van der Waals surface area contributed by atoms with Gasteiger partial charge in [0.05, 0.1) is 17.9 Å². The predicted octanol–water partition coefficient (Wildman–Crippen LogP) is 3.28. The molecule has 4 aromatic rings. The Balaban J connectivity index is 1.58. The lowest BCUT2D eigenvalue weighted by molar-refractivity contribution is 0.0950. The molecule has 0 saturated carbocycles. The van der Waals surface area contributed by atoms with Crippen molar-refractivity contribution in [1.29, 1.82) is 0 Å². The van der Waals surface area contributed by atoms with Gasteiger partial charge in [-0.05, 0) is 30.3 Å². The largest absolute Gasteiger partial charge is 0.475 e. The van der Waals surface area contributed by atoms with Crippen molar-refractivity contribution in [2.24, 2.45) is 0 Å². The topological polar surface area (TPSA) is 91.2 Å². The summed E-state index contributed by atoms with van der Waals surface area (Å²) in [4.78, 5) is 21.6. The minimum absolute atomic E-state index is 0.252. The number of pyridine rings is 2. The lowest BCUT2D eigenvalue weighted by Gasteiger charge is -2.11. The predicted molar refractivity (Wildman–Crippen MR) is 120 cm³/mol. The highest BCUT2D eigenvalue weighted by atomic mass is 16.5. The second-order valence-corrected chi connectivity index (χ2v) is 6.90. The molecule has 1 amide bonds. The molecule has 162 valence electrons. The van der Waals surface area contributed by atoms with Crippen LogP contribution in [-0.2, 0) is 11.3 Å². The molecule has 32 heavy (non-hydrogen) atoms. The van der Waals surface area contributed by atoms with E-state index in [0.29, 0.717) is 30.4 Å². The normalized spacial score (nSPS) is 10.7. The average molecular weight is 429 g/mol. The van der Waals surface area contributed by atoms with E-state index in [1.165, 1.54) is 0 Å². The van der Waals surface area contributed by atoms with E-state index in [2.05, 4.69) is 20.4 Å². The lowest BCUT2D eigenvalue weighted by atomic mass is 10.1. The van der Waals surface area contributed by atoms with Crippen molar-refractivity contribution in [2.45, 2.75) is 6.54 Å². The third-order valence-corrected chi connectivity index (χ3v) is 4.73. The van der Waals surface area contributed by atoms with E-state index < -0.39 is 0 Å². The van der Waals surface area contributed by atoms with Crippen molar-refractivity contribution in [3.8, 4) is 22.8 Å². The molecule has 0 saturated heterocycles. The Hall–Kier alpha value is -4.04. The van der Waals surface area contributed by atoms with Crippen molar-refractivity contribution < 1.29 is 14.3 Å². The molecule has 0 aliphatic rings. The van der Waals surface area contributed by atoms with Crippen LogP contribution < -0.4 is 10.1 Å². The summed E-state index contributed by atoms with van der Waals surface area (Å²) in [7, 11) is 1.61. The maximum absolute atomic E-state index is 13.2. The highest BCUT2D eigenvalue weighted by Gasteiger charge is 2.19. The average Bonchev–Trinajstić information content (AvgIpc) is 3.30. The van der Waals surface area contributed by atoms with Crippen molar-refractivity contribution in [2.75, 3.05) is 20.3 Å². The third kappa shape index (κ3) is 4.98. The summed E-state index contributed by atoms with van der Waals surface area (Å²) < 4.78 is 12.4. The number of rotatable bonds is 9. The molecule has 0 spiro atoms. The number of benzene rings is 1. The standard InChI is InChI=1S/C24H23N5O3/c1-31-13-14-32-24-19(8-6-12-26-24)16-27-23(30)21-17-29(20-9-3-2-4-10-20)28-22(21)18-7-5-11-25-15-18/h2-12,15,17H,13-14,16H2,1H3,(H,27,30). The number of para-hydroxylation sites is 1. The van der Waals surface area contributed by atoms with Crippen LogP contribution in [0.15, 0.2) is 79.4 Å². The van der Waals surface area contributed by atoms with Gasteiger partial charge in [-0.2, -0.15) is 5.10 Å². The molecule has 4 rings (SSSR count). The molecule has 0 aliphatic heterocycles. The van der Waals surface area contributed by atoms with Crippen LogP contribution in [0.3, 0.4) is 0 Å². The number of hydrogen-bond donors (Lipinski definition) is 1. The van der Waals surface area contributed by atoms with Gasteiger partial charge in [-0.15, -0.1) is 0 Å². The van der Waals surface area contributed by atoms with Gasteiger partial charge >= 0.3 is 0 Å². The SMILES string of the molecule is COCCOc1ncccc1CNC(=O)c1cn(-c2ccccc2)nc1-c1cccnc1. The van der Waals surface area contributed by atoms with Crippen LogP contribution in [0, 0.1) is 0 Å². The van der Waals surface area contributed by atoms with Gasteiger partial charge in [0.2, 0.25) is 5.88 Å². The van der Waals surface area contributed by atoms with Crippen molar-refractivity contribution in [3.05, 3.63) is 90.5 Å². The van der Waals surface area contributed by atoms with E-state index in [0.717, 1.165) is 16.8 Å². The Morgan fingerprint density at radius 3 is 2.66 bits per heavy atom. The monoisotopic (exact) mass is 429 g/mol. The summed E-state index contributed by atoms with van der Waals surface area (Å²) in [6.45, 7) is 1.09. The van der Waals surface area contributed by atoms with E-state index in [4.69, 9.17) is 9.47 Å². The summed E-state index contributed by atoms with van der Waals surface area (Å²) in [6.07, 6.45) is 6.76. The fourth-order valence-corrected chi connectivity index (χ4v) is 3.15. The first-order chi connectivity index (χ1) is 15.8. The van der Waals surface area contributed by atoms with Crippen molar-refractivity contribution in [1.82, 2.24) is 25.1 Å². The van der Waals surface area contributed by atoms with E-state index in [1.807, 2.05) is 48.5 Å². The molecule has 3 heterocycles. The van der Waals surface area contributed by atoms with E-state index >= 15 is 0 Å². The number of aromatic nitrogens is 4. The Bertz CT molecular complexity index is 1160. The van der Waals surface area contributed by atoms with Crippen molar-refractivity contribution in [3.63, 3.8) is 0 Å². The maximum Gasteiger partial charge on any atom is 0.255 e. The zero-order chi connectivity index (χ0) is 22.2. The van der Waals surface area contributed by atoms with Gasteiger partial charge in [0.15, 0.2) is 0 Å². The van der Waals surface area contributed by atoms with Crippen LogP contribution in [0.2, 0.25) is 0 Å². The molecular formula is C24H23N5O3. The molecular weight excluding hydrogens is 406 g/mol. The zero-order valence-electron chi connectivity index (χ0n) is 17.6. The van der Waals surface area contributed by atoms with Crippen LogP contribution in [-0.4, -0.2) is 46.0 Å². The Labute approximate surface area is 185 Å². The van der Waals surface area contributed by atoms with Crippen LogP contribution in [0.4, 0.5) is 0 Å². The van der Waals surface area contributed by atoms with Crippen LogP contribution in [0.25, 0.3) is 16.9 Å². The number of ether oxygens (including phenoxy) is 2. The molecule has 0 fully saturated rings. The molecule has 0 radical (unpaired) electrons. The van der Waals surface area contributed by atoms with Gasteiger partial charge in [-0.25, -0.2) is 9.67 Å². The number of methoxy groups -OCH3 is 1. The Morgan fingerprint density at radius 1 is 1.03 bits per heavy atom. The maximum atomic E-state index is 13.2. The van der Waals surface area contributed by atoms with E-state index in [9.17, 15) is 4.79 Å². The number of nitrogens with one attached hydrogen (secondary N) is 1. The van der Waals surface area contributed by atoms with E-state index in [1.54, 1.807) is 42.6 Å². The number of nitrogens with zero attached hydrogens (tertiary/aromatic N) is 4. The summed E-state index contributed by atoms with van der Waals surface area (Å²) in [5.74, 6) is 0.218. The van der Waals surface area contributed by atoms with Gasteiger partial charge in [-0.3, -0.25) is 9.78 Å². The second-order valence-electron chi connectivity index (χ2n) is 6.90. The van der Waals surface area contributed by atoms with Gasteiger partial charge < -0.3 is 14.8 Å². The highest BCUT2D eigenvalue weighted by Crippen LogP contribution is 2.23. The molecule has 1 N–H and O–H groups in total. The summed E-state index contributed by atoms with van der Waals surface area (Å²) >= 11 is 0. The van der Waals surface area contributed by atoms with Gasteiger partial charge in [0, 0.05) is 49.6 Å².